The van der Waals surface area contributed by atoms with E-state index in [9.17, 15) is 4.79 Å². The zero-order chi connectivity index (χ0) is 22.5. The van der Waals surface area contributed by atoms with Gasteiger partial charge in [0.15, 0.2) is 11.0 Å². The molecule has 1 amide bonds. The summed E-state index contributed by atoms with van der Waals surface area (Å²) in [5, 5.41) is 11.5. The fourth-order valence-electron chi connectivity index (χ4n) is 3.69. The Balaban J connectivity index is 1.44. The Labute approximate surface area is 198 Å². The number of amides is 1. The highest BCUT2D eigenvalue weighted by atomic mass is 32.2. The van der Waals surface area contributed by atoms with Crippen molar-refractivity contribution >= 4 is 29.0 Å². The minimum Gasteiger partial charge on any atom is -0.486 e. The summed E-state index contributed by atoms with van der Waals surface area (Å²) in [6.45, 7) is 9.04. The van der Waals surface area contributed by atoms with Gasteiger partial charge in [-0.05, 0) is 54.8 Å². The molecular formula is C24H30N4O2S2. The highest BCUT2D eigenvalue weighted by molar-refractivity contribution is 8.00. The van der Waals surface area contributed by atoms with Crippen LogP contribution in [0.3, 0.4) is 0 Å². The van der Waals surface area contributed by atoms with E-state index in [1.54, 1.807) is 11.3 Å². The predicted molar refractivity (Wildman–Crippen MR) is 129 cm³/mol. The molecule has 1 atom stereocenters. The average molecular weight is 471 g/mol. The molecular weight excluding hydrogens is 440 g/mol. The van der Waals surface area contributed by atoms with Gasteiger partial charge in [-0.1, -0.05) is 43.8 Å². The maximum Gasteiger partial charge on any atom is 0.236 e. The second kappa shape index (κ2) is 10.5. The first kappa shape index (κ1) is 22.9. The van der Waals surface area contributed by atoms with Gasteiger partial charge in [-0.25, -0.2) is 0 Å². The Morgan fingerprint density at radius 2 is 2.00 bits per heavy atom. The number of ether oxygens (including phenoxy) is 1. The fourth-order valence-corrected chi connectivity index (χ4v) is 5.56. The van der Waals surface area contributed by atoms with Gasteiger partial charge in [0.2, 0.25) is 5.91 Å². The lowest BCUT2D eigenvalue weighted by Crippen LogP contribution is -2.39. The van der Waals surface area contributed by atoms with Crippen molar-refractivity contribution in [2.75, 3.05) is 6.54 Å². The highest BCUT2D eigenvalue weighted by Crippen LogP contribution is 2.29. The van der Waals surface area contributed by atoms with Crippen LogP contribution in [0.1, 0.15) is 43.5 Å². The van der Waals surface area contributed by atoms with Crippen LogP contribution in [0.5, 0.6) is 5.75 Å². The van der Waals surface area contributed by atoms with E-state index in [0.717, 1.165) is 42.7 Å². The average Bonchev–Trinajstić information content (AvgIpc) is 3.42. The van der Waals surface area contributed by atoms with E-state index in [-0.39, 0.29) is 11.2 Å². The smallest absolute Gasteiger partial charge is 0.236 e. The number of thiophene rings is 1. The lowest BCUT2D eigenvalue weighted by atomic mass is 10.1. The summed E-state index contributed by atoms with van der Waals surface area (Å²) in [5.74, 6) is 2.32. The molecule has 1 aliphatic rings. The van der Waals surface area contributed by atoms with Crippen LogP contribution in [-0.2, 0) is 30.9 Å². The van der Waals surface area contributed by atoms with Crippen molar-refractivity contribution in [3.05, 3.63) is 58.0 Å². The van der Waals surface area contributed by atoms with Crippen LogP contribution in [0.4, 0.5) is 0 Å². The fraction of sp³-hybridized carbons (Fsp3) is 0.458. The molecule has 3 heterocycles. The molecule has 32 heavy (non-hydrogen) atoms. The second-order valence-corrected chi connectivity index (χ2v) is 10.8. The van der Waals surface area contributed by atoms with Crippen LogP contribution < -0.4 is 4.74 Å². The minimum atomic E-state index is -0.222. The van der Waals surface area contributed by atoms with Crippen LogP contribution in [0, 0.1) is 5.92 Å². The molecule has 0 fully saturated rings. The first-order valence-corrected chi connectivity index (χ1v) is 12.9. The molecule has 0 aliphatic carbocycles. The summed E-state index contributed by atoms with van der Waals surface area (Å²) in [4.78, 5) is 16.5. The Hall–Kier alpha value is -2.32. The Morgan fingerprint density at radius 3 is 2.78 bits per heavy atom. The third-order valence-electron chi connectivity index (χ3n) is 5.58. The maximum atomic E-state index is 13.2. The van der Waals surface area contributed by atoms with E-state index >= 15 is 0 Å². The summed E-state index contributed by atoms with van der Waals surface area (Å²) in [5.41, 5.74) is 1.28. The second-order valence-electron chi connectivity index (χ2n) is 8.47. The predicted octanol–water partition coefficient (Wildman–Crippen LogP) is 5.03. The third-order valence-corrected chi connectivity index (χ3v) is 7.67. The van der Waals surface area contributed by atoms with Gasteiger partial charge in [-0.15, -0.1) is 21.5 Å². The molecule has 2 aromatic heterocycles. The van der Waals surface area contributed by atoms with Crippen LogP contribution >= 0.6 is 23.1 Å². The molecule has 8 heteroatoms. The van der Waals surface area contributed by atoms with Crippen LogP contribution in [0.25, 0.3) is 0 Å². The monoisotopic (exact) mass is 470 g/mol. The van der Waals surface area contributed by atoms with Crippen molar-refractivity contribution in [2.24, 2.45) is 5.92 Å². The first-order chi connectivity index (χ1) is 15.5. The minimum absolute atomic E-state index is 0.160. The summed E-state index contributed by atoms with van der Waals surface area (Å²) < 4.78 is 8.03. The molecule has 1 unspecified atom stereocenters. The standard InChI is InChI=1S/C24H30N4O2S2/c1-17(2)9-13-28-22(16-30-20-7-5-4-6-8-20)25-26-24(28)32-18(3)23(29)27-12-10-21-19(15-27)11-14-31-21/h4-8,11,14,17-18H,9-10,12-13,15-16H2,1-3H3. The zero-order valence-electron chi connectivity index (χ0n) is 18.9. The number of hydrogen-bond acceptors (Lipinski definition) is 6. The van der Waals surface area contributed by atoms with E-state index in [1.165, 1.54) is 22.2 Å². The molecule has 170 valence electrons. The molecule has 6 nitrogen and oxygen atoms in total. The van der Waals surface area contributed by atoms with Crippen molar-refractivity contribution in [2.45, 2.75) is 63.7 Å². The quantitative estimate of drug-likeness (QED) is 0.411. The van der Waals surface area contributed by atoms with Crippen LogP contribution in [-0.4, -0.2) is 37.4 Å². The van der Waals surface area contributed by atoms with Crippen molar-refractivity contribution in [1.82, 2.24) is 19.7 Å². The number of thioether (sulfide) groups is 1. The molecule has 1 aromatic carbocycles. The van der Waals surface area contributed by atoms with Gasteiger partial charge in [0.25, 0.3) is 0 Å². The topological polar surface area (TPSA) is 60.2 Å². The molecule has 0 N–H and O–H groups in total. The Morgan fingerprint density at radius 1 is 1.19 bits per heavy atom. The van der Waals surface area contributed by atoms with Gasteiger partial charge in [-0.3, -0.25) is 4.79 Å². The summed E-state index contributed by atoms with van der Waals surface area (Å²) in [7, 11) is 0. The van der Waals surface area contributed by atoms with Crippen LogP contribution in [0.15, 0.2) is 46.9 Å². The van der Waals surface area contributed by atoms with Crippen molar-refractivity contribution in [3.63, 3.8) is 0 Å². The van der Waals surface area contributed by atoms with Gasteiger partial charge in [-0.2, -0.15) is 0 Å². The van der Waals surface area contributed by atoms with Gasteiger partial charge in [0, 0.05) is 24.5 Å². The van der Waals surface area contributed by atoms with Gasteiger partial charge < -0.3 is 14.2 Å². The summed E-state index contributed by atoms with van der Waals surface area (Å²) in [6, 6.07) is 11.9. The molecule has 0 radical (unpaired) electrons. The molecule has 4 rings (SSSR count). The molecule has 0 spiro atoms. The lowest BCUT2D eigenvalue weighted by Gasteiger charge is -2.29. The van der Waals surface area contributed by atoms with E-state index < -0.39 is 0 Å². The first-order valence-electron chi connectivity index (χ1n) is 11.1. The largest absolute Gasteiger partial charge is 0.486 e. The van der Waals surface area contributed by atoms with E-state index in [1.807, 2.05) is 42.2 Å². The summed E-state index contributed by atoms with van der Waals surface area (Å²) >= 11 is 3.28. The molecule has 1 aliphatic heterocycles. The zero-order valence-corrected chi connectivity index (χ0v) is 20.5. The van der Waals surface area contributed by atoms with E-state index in [4.69, 9.17) is 4.74 Å². The number of rotatable bonds is 9. The van der Waals surface area contributed by atoms with E-state index in [2.05, 4.69) is 40.1 Å². The maximum absolute atomic E-state index is 13.2. The normalized spacial score (nSPS) is 14.4. The molecule has 0 saturated heterocycles. The molecule has 3 aromatic rings. The Kier molecular flexibility index (Phi) is 7.52. The number of carbonyl (C=O) groups is 1. The van der Waals surface area contributed by atoms with Gasteiger partial charge >= 0.3 is 0 Å². The number of para-hydroxylation sites is 1. The number of carbonyl (C=O) groups excluding carboxylic acids is 1. The SMILES string of the molecule is CC(C)CCn1c(COc2ccccc2)nnc1SC(C)C(=O)N1CCc2sccc2C1. The third kappa shape index (κ3) is 5.53. The van der Waals surface area contributed by atoms with Gasteiger partial charge in [0.05, 0.1) is 5.25 Å². The number of hydrogen-bond donors (Lipinski definition) is 0. The lowest BCUT2D eigenvalue weighted by molar-refractivity contribution is -0.131. The molecule has 0 saturated carbocycles. The number of benzene rings is 1. The summed E-state index contributed by atoms with van der Waals surface area (Å²) in [6.07, 6.45) is 1.96. The number of fused-ring (bicyclic) bond motifs is 1. The van der Waals surface area contributed by atoms with Gasteiger partial charge in [0.1, 0.15) is 12.4 Å². The highest BCUT2D eigenvalue weighted by Gasteiger charge is 2.27. The molecule has 0 bridgehead atoms. The van der Waals surface area contributed by atoms with E-state index in [0.29, 0.717) is 19.1 Å². The van der Waals surface area contributed by atoms with Crippen molar-refractivity contribution in [3.8, 4) is 5.75 Å². The Bertz CT molecular complexity index is 1030. The van der Waals surface area contributed by atoms with Crippen LogP contribution in [0.2, 0.25) is 0 Å². The van der Waals surface area contributed by atoms with Crippen molar-refractivity contribution < 1.29 is 9.53 Å². The number of aromatic nitrogens is 3. The number of nitrogens with zero attached hydrogens (tertiary/aromatic N) is 4. The van der Waals surface area contributed by atoms with Crippen molar-refractivity contribution in [1.29, 1.82) is 0 Å².